The van der Waals surface area contributed by atoms with Gasteiger partial charge in [-0.15, -0.1) is 0 Å². The van der Waals surface area contributed by atoms with Crippen LogP contribution < -0.4 is 10.6 Å². The van der Waals surface area contributed by atoms with Crippen LogP contribution in [0.1, 0.15) is 33.5 Å². The van der Waals surface area contributed by atoms with Gasteiger partial charge in [0, 0.05) is 12.2 Å². The van der Waals surface area contributed by atoms with Gasteiger partial charge >= 0.3 is 5.97 Å². The van der Waals surface area contributed by atoms with Gasteiger partial charge in [-0.25, -0.2) is 4.79 Å². The van der Waals surface area contributed by atoms with Gasteiger partial charge in [0.05, 0.1) is 11.3 Å². The van der Waals surface area contributed by atoms with Gasteiger partial charge in [-0.1, -0.05) is 54.6 Å². The van der Waals surface area contributed by atoms with Crippen LogP contribution in [0.5, 0.6) is 0 Å². The molecular weight excluding hydrogens is 388 g/mol. The Bertz CT molecular complexity index is 1030. The molecule has 3 aromatic rings. The average molecular weight is 417 g/mol. The molecule has 0 bridgehead atoms. The molecule has 0 saturated carbocycles. The maximum absolute atomic E-state index is 12.6. The van der Waals surface area contributed by atoms with Crippen LogP contribution in [-0.2, 0) is 16.0 Å². The maximum Gasteiger partial charge on any atom is 0.340 e. The quantitative estimate of drug-likeness (QED) is 0.382. The highest BCUT2D eigenvalue weighted by Crippen LogP contribution is 2.25. The molecule has 1 amide bonds. The van der Waals surface area contributed by atoms with Gasteiger partial charge in [-0.3, -0.25) is 4.79 Å². The average Bonchev–Trinajstić information content (AvgIpc) is 2.79. The number of anilines is 2. The second-order valence-electron chi connectivity index (χ2n) is 7.43. The molecule has 160 valence electrons. The molecule has 0 atom stereocenters. The molecule has 2 N–H and O–H groups in total. The third-order valence-electron chi connectivity index (χ3n) is 5.16. The van der Waals surface area contributed by atoms with Crippen molar-refractivity contribution in [2.75, 3.05) is 18.5 Å². The number of aryl methyl sites for hydroxylation is 2. The number of carbonyl (C=O) groups excluding carboxylic acids is 2. The first-order valence-corrected chi connectivity index (χ1v) is 10.4. The Labute approximate surface area is 183 Å². The lowest BCUT2D eigenvalue weighted by molar-refractivity contribution is -0.124. The summed E-state index contributed by atoms with van der Waals surface area (Å²) in [5.74, 6) is -0.839. The summed E-state index contributed by atoms with van der Waals surface area (Å²) < 4.78 is 5.25. The molecule has 0 aromatic heterocycles. The Balaban J connectivity index is 1.50. The molecule has 31 heavy (non-hydrogen) atoms. The summed E-state index contributed by atoms with van der Waals surface area (Å²) in [6.07, 6.45) is 1.71. The third-order valence-corrected chi connectivity index (χ3v) is 5.16. The summed E-state index contributed by atoms with van der Waals surface area (Å²) in [5.41, 5.74) is 5.46. The molecule has 5 heteroatoms. The van der Waals surface area contributed by atoms with E-state index in [1.54, 1.807) is 12.1 Å². The summed E-state index contributed by atoms with van der Waals surface area (Å²) in [4.78, 5) is 24.6. The van der Waals surface area contributed by atoms with Crippen LogP contribution in [0.3, 0.4) is 0 Å². The minimum absolute atomic E-state index is 0.304. The predicted octanol–water partition coefficient (Wildman–Crippen LogP) is 4.95. The molecule has 0 heterocycles. The number of hydrogen-bond acceptors (Lipinski definition) is 4. The SMILES string of the molecule is Cc1cccc(Nc2ccccc2C(=O)OCC(=O)NCCCc2ccccc2)c1C. The smallest absolute Gasteiger partial charge is 0.340 e. The van der Waals surface area contributed by atoms with Crippen LogP contribution in [0.25, 0.3) is 0 Å². The van der Waals surface area contributed by atoms with E-state index in [4.69, 9.17) is 4.74 Å². The van der Waals surface area contributed by atoms with Gasteiger partial charge in [-0.2, -0.15) is 0 Å². The van der Waals surface area contributed by atoms with Crippen LogP contribution >= 0.6 is 0 Å². The molecule has 0 aliphatic rings. The van der Waals surface area contributed by atoms with Crippen LogP contribution in [0.15, 0.2) is 72.8 Å². The monoisotopic (exact) mass is 416 g/mol. The van der Waals surface area contributed by atoms with Crippen LogP contribution in [0.2, 0.25) is 0 Å². The van der Waals surface area contributed by atoms with Crippen molar-refractivity contribution in [1.82, 2.24) is 5.32 Å². The van der Waals surface area contributed by atoms with Crippen LogP contribution in [0.4, 0.5) is 11.4 Å². The van der Waals surface area contributed by atoms with Gasteiger partial charge in [0.15, 0.2) is 6.61 Å². The van der Waals surface area contributed by atoms with Crippen molar-refractivity contribution < 1.29 is 14.3 Å². The molecule has 0 aliphatic heterocycles. The van der Waals surface area contributed by atoms with Gasteiger partial charge in [0.1, 0.15) is 0 Å². The normalized spacial score (nSPS) is 10.4. The number of benzene rings is 3. The Hall–Kier alpha value is -3.60. The highest BCUT2D eigenvalue weighted by atomic mass is 16.5. The zero-order valence-electron chi connectivity index (χ0n) is 18.0. The van der Waals surface area contributed by atoms with Crippen molar-refractivity contribution in [2.45, 2.75) is 26.7 Å². The standard InChI is InChI=1S/C26H28N2O3/c1-19-10-8-16-23(20(19)2)28-24-15-7-6-14-22(24)26(30)31-18-25(29)27-17-9-13-21-11-4-3-5-12-21/h3-8,10-12,14-16,28H,9,13,17-18H2,1-2H3,(H,27,29). The van der Waals surface area contributed by atoms with Crippen molar-refractivity contribution >= 4 is 23.3 Å². The first kappa shape index (κ1) is 22.1. The molecule has 0 saturated heterocycles. The lowest BCUT2D eigenvalue weighted by Crippen LogP contribution is -2.29. The highest BCUT2D eigenvalue weighted by Gasteiger charge is 2.15. The fourth-order valence-corrected chi connectivity index (χ4v) is 3.23. The van der Waals surface area contributed by atoms with E-state index in [9.17, 15) is 9.59 Å². The van der Waals surface area contributed by atoms with Gasteiger partial charge in [0.2, 0.25) is 0 Å². The fraction of sp³-hybridized carbons (Fsp3) is 0.231. The molecule has 0 radical (unpaired) electrons. The Kier molecular flexibility index (Phi) is 7.82. The largest absolute Gasteiger partial charge is 0.452 e. The van der Waals surface area contributed by atoms with E-state index >= 15 is 0 Å². The topological polar surface area (TPSA) is 67.4 Å². The summed E-state index contributed by atoms with van der Waals surface area (Å²) in [7, 11) is 0. The minimum Gasteiger partial charge on any atom is -0.452 e. The lowest BCUT2D eigenvalue weighted by Gasteiger charge is -2.14. The van der Waals surface area contributed by atoms with E-state index in [0.717, 1.165) is 29.7 Å². The first-order valence-electron chi connectivity index (χ1n) is 10.4. The Morgan fingerprint density at radius 3 is 2.35 bits per heavy atom. The van der Waals surface area contributed by atoms with Crippen molar-refractivity contribution in [3.63, 3.8) is 0 Å². The summed E-state index contributed by atoms with van der Waals surface area (Å²) in [6.45, 7) is 4.30. The van der Waals surface area contributed by atoms with E-state index in [1.807, 2.05) is 62.4 Å². The van der Waals surface area contributed by atoms with E-state index in [1.165, 1.54) is 5.56 Å². The molecule has 3 rings (SSSR count). The second-order valence-corrected chi connectivity index (χ2v) is 7.43. The molecule has 3 aromatic carbocycles. The molecule has 0 unspecified atom stereocenters. The van der Waals surface area contributed by atoms with Gasteiger partial charge in [0.25, 0.3) is 5.91 Å². The highest BCUT2D eigenvalue weighted by molar-refractivity contribution is 5.97. The second kappa shape index (κ2) is 11.0. The number of esters is 1. The molecule has 0 spiro atoms. The molecule has 0 aliphatic carbocycles. The number of hydrogen-bond donors (Lipinski definition) is 2. The Morgan fingerprint density at radius 1 is 0.839 bits per heavy atom. The van der Waals surface area contributed by atoms with E-state index < -0.39 is 5.97 Å². The van der Waals surface area contributed by atoms with Crippen LogP contribution in [-0.4, -0.2) is 25.0 Å². The molecule has 5 nitrogen and oxygen atoms in total. The lowest BCUT2D eigenvalue weighted by atomic mass is 10.1. The first-order chi connectivity index (χ1) is 15.0. The molecule has 0 fully saturated rings. The number of ether oxygens (including phenoxy) is 1. The predicted molar refractivity (Wildman–Crippen MR) is 124 cm³/mol. The molecular formula is C26H28N2O3. The Morgan fingerprint density at radius 2 is 1.55 bits per heavy atom. The number of carbonyl (C=O) groups is 2. The summed E-state index contributed by atoms with van der Waals surface area (Å²) >= 11 is 0. The van der Waals surface area contributed by atoms with Crippen LogP contribution in [0, 0.1) is 13.8 Å². The van der Waals surface area contributed by atoms with Crippen molar-refractivity contribution in [1.29, 1.82) is 0 Å². The zero-order valence-corrected chi connectivity index (χ0v) is 18.0. The van der Waals surface area contributed by atoms with E-state index in [0.29, 0.717) is 17.8 Å². The van der Waals surface area contributed by atoms with Gasteiger partial charge < -0.3 is 15.4 Å². The zero-order chi connectivity index (χ0) is 22.1. The van der Waals surface area contributed by atoms with Gasteiger partial charge in [-0.05, 0) is 61.6 Å². The fourth-order valence-electron chi connectivity index (χ4n) is 3.23. The summed E-state index contributed by atoms with van der Waals surface area (Å²) in [5, 5.41) is 6.10. The van der Waals surface area contributed by atoms with Crippen molar-refractivity contribution in [3.8, 4) is 0 Å². The van der Waals surface area contributed by atoms with E-state index in [2.05, 4.69) is 22.8 Å². The number of para-hydroxylation sites is 1. The number of nitrogens with one attached hydrogen (secondary N) is 2. The van der Waals surface area contributed by atoms with Crippen molar-refractivity contribution in [3.05, 3.63) is 95.1 Å². The maximum atomic E-state index is 12.6. The summed E-state index contributed by atoms with van der Waals surface area (Å²) in [6, 6.07) is 23.2. The van der Waals surface area contributed by atoms with Crippen molar-refractivity contribution in [2.24, 2.45) is 0 Å². The third kappa shape index (κ3) is 6.44. The minimum atomic E-state index is -0.534. The number of amides is 1. The van der Waals surface area contributed by atoms with E-state index in [-0.39, 0.29) is 12.5 Å². The number of rotatable bonds is 9.